The van der Waals surface area contributed by atoms with Crippen molar-refractivity contribution in [3.63, 3.8) is 0 Å². The van der Waals surface area contributed by atoms with Gasteiger partial charge >= 0.3 is 0 Å². The molecule has 0 amide bonds. The minimum absolute atomic E-state index is 0.00926. The summed E-state index contributed by atoms with van der Waals surface area (Å²) in [6.07, 6.45) is 0. The zero-order valence-electron chi connectivity index (χ0n) is 9.57. The Hall–Kier alpha value is -0.410. The Morgan fingerprint density at radius 3 is 2.40 bits per heavy atom. The molecule has 1 atom stereocenters. The van der Waals surface area contributed by atoms with Gasteiger partial charge in [0.1, 0.15) is 5.82 Å². The fourth-order valence-corrected chi connectivity index (χ4v) is 2.18. The third-order valence-corrected chi connectivity index (χ3v) is 3.06. The predicted molar refractivity (Wildman–Crippen MR) is 65.4 cm³/mol. The Labute approximate surface area is 99.2 Å². The molecular weight excluding hydrogens is 257 g/mol. The smallest absolute Gasteiger partial charge is 0.142 e. The van der Waals surface area contributed by atoms with Crippen LogP contribution in [0.3, 0.4) is 0 Å². The predicted octanol–water partition coefficient (Wildman–Crippen LogP) is 3.89. The van der Waals surface area contributed by atoms with Crippen molar-refractivity contribution < 1.29 is 4.39 Å². The van der Waals surface area contributed by atoms with E-state index in [1.54, 1.807) is 6.07 Å². The molecular formula is C12H17BrFN. The van der Waals surface area contributed by atoms with Gasteiger partial charge in [0.25, 0.3) is 0 Å². The highest BCUT2D eigenvalue weighted by Gasteiger charge is 2.27. The second-order valence-electron chi connectivity index (χ2n) is 4.73. The van der Waals surface area contributed by atoms with Crippen molar-refractivity contribution in [1.82, 2.24) is 5.32 Å². The molecule has 0 aromatic heterocycles. The van der Waals surface area contributed by atoms with Crippen LogP contribution in [0.25, 0.3) is 0 Å². The SMILES string of the molecule is CNC(c1cccc(Br)c1F)C(C)(C)C. The Morgan fingerprint density at radius 1 is 1.33 bits per heavy atom. The molecule has 0 saturated carbocycles. The summed E-state index contributed by atoms with van der Waals surface area (Å²) in [6, 6.07) is 5.41. The van der Waals surface area contributed by atoms with Crippen molar-refractivity contribution in [2.24, 2.45) is 5.41 Å². The lowest BCUT2D eigenvalue weighted by Gasteiger charge is -2.31. The van der Waals surface area contributed by atoms with Crippen LogP contribution in [0.5, 0.6) is 0 Å². The van der Waals surface area contributed by atoms with Crippen LogP contribution in [-0.4, -0.2) is 7.05 Å². The third-order valence-electron chi connectivity index (χ3n) is 2.45. The monoisotopic (exact) mass is 273 g/mol. The zero-order valence-corrected chi connectivity index (χ0v) is 11.2. The maximum atomic E-state index is 13.9. The van der Waals surface area contributed by atoms with Crippen LogP contribution >= 0.6 is 15.9 Å². The van der Waals surface area contributed by atoms with Crippen molar-refractivity contribution in [3.05, 3.63) is 34.1 Å². The minimum atomic E-state index is -0.174. The molecule has 1 aromatic rings. The summed E-state index contributed by atoms with van der Waals surface area (Å²) in [7, 11) is 1.86. The molecule has 0 bridgehead atoms. The van der Waals surface area contributed by atoms with Gasteiger partial charge < -0.3 is 5.32 Å². The molecule has 0 fully saturated rings. The van der Waals surface area contributed by atoms with E-state index in [2.05, 4.69) is 42.0 Å². The summed E-state index contributed by atoms with van der Waals surface area (Å²) in [5, 5.41) is 3.17. The molecule has 0 aliphatic heterocycles. The number of benzene rings is 1. The van der Waals surface area contributed by atoms with E-state index >= 15 is 0 Å². The van der Waals surface area contributed by atoms with Crippen LogP contribution < -0.4 is 5.32 Å². The zero-order chi connectivity index (χ0) is 11.6. The van der Waals surface area contributed by atoms with E-state index < -0.39 is 0 Å². The average Bonchev–Trinajstić information content (AvgIpc) is 2.11. The van der Waals surface area contributed by atoms with Crippen molar-refractivity contribution in [1.29, 1.82) is 0 Å². The van der Waals surface area contributed by atoms with Crippen LogP contribution in [0.4, 0.5) is 4.39 Å². The highest BCUT2D eigenvalue weighted by molar-refractivity contribution is 9.10. The van der Waals surface area contributed by atoms with Gasteiger partial charge in [-0.25, -0.2) is 4.39 Å². The first-order valence-electron chi connectivity index (χ1n) is 4.99. The second-order valence-corrected chi connectivity index (χ2v) is 5.59. The van der Waals surface area contributed by atoms with E-state index in [4.69, 9.17) is 0 Å². The lowest BCUT2D eigenvalue weighted by atomic mass is 9.82. The fraction of sp³-hybridized carbons (Fsp3) is 0.500. The maximum absolute atomic E-state index is 13.9. The first-order chi connectivity index (χ1) is 6.88. The van der Waals surface area contributed by atoms with E-state index in [1.807, 2.05) is 19.2 Å². The van der Waals surface area contributed by atoms with E-state index in [0.29, 0.717) is 10.0 Å². The number of nitrogens with one attached hydrogen (secondary N) is 1. The fourth-order valence-electron chi connectivity index (χ4n) is 1.80. The third kappa shape index (κ3) is 2.79. The number of halogens is 2. The molecule has 0 heterocycles. The molecule has 0 saturated heterocycles. The minimum Gasteiger partial charge on any atom is -0.312 e. The highest BCUT2D eigenvalue weighted by Crippen LogP contribution is 2.35. The van der Waals surface area contributed by atoms with Gasteiger partial charge in [-0.15, -0.1) is 0 Å². The van der Waals surface area contributed by atoms with E-state index in [0.717, 1.165) is 0 Å². The van der Waals surface area contributed by atoms with Gasteiger partial charge in [0.05, 0.1) is 4.47 Å². The van der Waals surface area contributed by atoms with Crippen LogP contribution in [0.15, 0.2) is 22.7 Å². The van der Waals surface area contributed by atoms with Crippen LogP contribution in [-0.2, 0) is 0 Å². The van der Waals surface area contributed by atoms with Crippen molar-refractivity contribution in [3.8, 4) is 0 Å². The summed E-state index contributed by atoms with van der Waals surface area (Å²) in [6.45, 7) is 6.28. The van der Waals surface area contributed by atoms with Gasteiger partial charge in [-0.3, -0.25) is 0 Å². The molecule has 0 radical (unpaired) electrons. The van der Waals surface area contributed by atoms with Gasteiger partial charge in [0.15, 0.2) is 0 Å². The van der Waals surface area contributed by atoms with Crippen LogP contribution in [0.1, 0.15) is 32.4 Å². The second kappa shape index (κ2) is 4.62. The number of rotatable bonds is 2. The summed E-state index contributed by atoms with van der Waals surface area (Å²) >= 11 is 3.21. The summed E-state index contributed by atoms with van der Waals surface area (Å²) in [5.74, 6) is -0.174. The summed E-state index contributed by atoms with van der Waals surface area (Å²) < 4.78 is 14.4. The normalized spacial score (nSPS) is 14.0. The standard InChI is InChI=1S/C12H17BrFN/c1-12(2,3)11(15-4)8-6-5-7-9(13)10(8)14/h5-7,11,15H,1-4H3. The average molecular weight is 274 g/mol. The summed E-state index contributed by atoms with van der Waals surface area (Å²) in [4.78, 5) is 0. The molecule has 0 aliphatic rings. The molecule has 84 valence electrons. The molecule has 0 spiro atoms. The van der Waals surface area contributed by atoms with E-state index in [9.17, 15) is 4.39 Å². The Morgan fingerprint density at radius 2 is 1.93 bits per heavy atom. The molecule has 15 heavy (non-hydrogen) atoms. The van der Waals surface area contributed by atoms with Crippen LogP contribution in [0, 0.1) is 11.2 Å². The Bertz CT molecular complexity index is 344. The first kappa shape index (κ1) is 12.7. The largest absolute Gasteiger partial charge is 0.312 e. The quantitative estimate of drug-likeness (QED) is 0.862. The molecule has 1 nitrogen and oxygen atoms in total. The molecule has 1 N–H and O–H groups in total. The van der Waals surface area contributed by atoms with Crippen molar-refractivity contribution in [2.75, 3.05) is 7.05 Å². The van der Waals surface area contributed by atoms with Crippen LogP contribution in [0.2, 0.25) is 0 Å². The molecule has 0 aliphatic carbocycles. The van der Waals surface area contributed by atoms with Gasteiger partial charge in [-0.2, -0.15) is 0 Å². The van der Waals surface area contributed by atoms with Gasteiger partial charge in [0.2, 0.25) is 0 Å². The Balaban J connectivity index is 3.19. The van der Waals surface area contributed by atoms with Crippen molar-refractivity contribution >= 4 is 15.9 Å². The number of hydrogen-bond acceptors (Lipinski definition) is 1. The first-order valence-corrected chi connectivity index (χ1v) is 5.78. The molecule has 1 unspecified atom stereocenters. The van der Waals surface area contributed by atoms with Gasteiger partial charge in [0, 0.05) is 11.6 Å². The number of hydrogen-bond donors (Lipinski definition) is 1. The topological polar surface area (TPSA) is 12.0 Å². The molecule has 1 rings (SSSR count). The Kier molecular flexibility index (Phi) is 3.90. The maximum Gasteiger partial charge on any atom is 0.142 e. The highest BCUT2D eigenvalue weighted by atomic mass is 79.9. The van der Waals surface area contributed by atoms with Gasteiger partial charge in [-0.1, -0.05) is 32.9 Å². The molecule has 3 heteroatoms. The van der Waals surface area contributed by atoms with Gasteiger partial charge in [-0.05, 0) is 34.5 Å². The van der Waals surface area contributed by atoms with E-state index in [-0.39, 0.29) is 17.3 Å². The van der Waals surface area contributed by atoms with Crippen molar-refractivity contribution in [2.45, 2.75) is 26.8 Å². The molecule has 1 aromatic carbocycles. The van der Waals surface area contributed by atoms with E-state index in [1.165, 1.54) is 0 Å². The lowest BCUT2D eigenvalue weighted by molar-refractivity contribution is 0.280. The lowest BCUT2D eigenvalue weighted by Crippen LogP contribution is -2.30. The summed E-state index contributed by atoms with van der Waals surface area (Å²) in [5.41, 5.74) is 0.690.